The Hall–Kier alpha value is -2.47. The Kier molecular flexibility index (Phi) is 5.43. The molecule has 0 aliphatic heterocycles. The molecule has 0 fully saturated rings. The van der Waals surface area contributed by atoms with Crippen molar-refractivity contribution in [2.75, 3.05) is 26.0 Å². The predicted octanol–water partition coefficient (Wildman–Crippen LogP) is 1.80. The zero-order chi connectivity index (χ0) is 15.9. The summed E-state index contributed by atoms with van der Waals surface area (Å²) in [6, 6.07) is 7.77. The van der Waals surface area contributed by atoms with Crippen LogP contribution in [-0.2, 0) is 4.74 Å². The van der Waals surface area contributed by atoms with Gasteiger partial charge in [-0.3, -0.25) is 4.79 Å². The number of carbonyl (C=O) groups is 1. The molecule has 1 aromatic carbocycles. The van der Waals surface area contributed by atoms with Crippen LogP contribution in [0.25, 0.3) is 11.4 Å². The van der Waals surface area contributed by atoms with E-state index in [2.05, 4.69) is 15.3 Å². The third-order valence-electron chi connectivity index (χ3n) is 3.26. The summed E-state index contributed by atoms with van der Waals surface area (Å²) < 4.78 is 4.93. The minimum Gasteiger partial charge on any atom is -0.385 e. The molecule has 0 atom stereocenters. The predicted molar refractivity (Wildman–Crippen MR) is 85.4 cm³/mol. The number of rotatable bonds is 6. The van der Waals surface area contributed by atoms with E-state index in [1.165, 1.54) is 6.20 Å². The van der Waals surface area contributed by atoms with Gasteiger partial charge in [-0.15, -0.1) is 0 Å². The van der Waals surface area contributed by atoms with E-state index in [-0.39, 0.29) is 17.3 Å². The number of hydrogen-bond donors (Lipinski definition) is 2. The fourth-order valence-corrected chi connectivity index (χ4v) is 2.04. The molecule has 0 bridgehead atoms. The molecule has 6 nitrogen and oxygen atoms in total. The maximum atomic E-state index is 12.0. The van der Waals surface area contributed by atoms with E-state index in [0.29, 0.717) is 19.0 Å². The Balaban J connectivity index is 2.13. The van der Waals surface area contributed by atoms with E-state index in [4.69, 9.17) is 10.5 Å². The third-order valence-corrected chi connectivity index (χ3v) is 3.26. The molecule has 1 amide bonds. The van der Waals surface area contributed by atoms with Crippen molar-refractivity contribution in [1.82, 2.24) is 15.3 Å². The van der Waals surface area contributed by atoms with Gasteiger partial charge in [-0.1, -0.05) is 24.3 Å². The van der Waals surface area contributed by atoms with Crippen LogP contribution in [0.5, 0.6) is 0 Å². The van der Waals surface area contributed by atoms with Crippen LogP contribution in [0.4, 0.5) is 5.82 Å². The van der Waals surface area contributed by atoms with Crippen molar-refractivity contribution in [3.05, 3.63) is 41.6 Å². The van der Waals surface area contributed by atoms with E-state index in [0.717, 1.165) is 17.5 Å². The van der Waals surface area contributed by atoms with Crippen LogP contribution in [0.1, 0.15) is 22.3 Å². The number of nitrogen functional groups attached to an aromatic ring is 1. The van der Waals surface area contributed by atoms with Gasteiger partial charge in [-0.25, -0.2) is 9.97 Å². The van der Waals surface area contributed by atoms with Gasteiger partial charge in [0, 0.05) is 32.0 Å². The van der Waals surface area contributed by atoms with Gasteiger partial charge in [0.15, 0.2) is 5.82 Å². The second kappa shape index (κ2) is 7.51. The zero-order valence-electron chi connectivity index (χ0n) is 12.8. The first-order valence-electron chi connectivity index (χ1n) is 7.09. The van der Waals surface area contributed by atoms with Crippen molar-refractivity contribution >= 4 is 11.7 Å². The van der Waals surface area contributed by atoms with Crippen molar-refractivity contribution < 1.29 is 9.53 Å². The largest absolute Gasteiger partial charge is 0.385 e. The lowest BCUT2D eigenvalue weighted by Crippen LogP contribution is -2.26. The molecule has 0 aliphatic rings. The first-order valence-corrected chi connectivity index (χ1v) is 7.09. The van der Waals surface area contributed by atoms with Crippen LogP contribution in [0.3, 0.4) is 0 Å². The lowest BCUT2D eigenvalue weighted by atomic mass is 10.1. The first-order chi connectivity index (χ1) is 10.6. The normalized spacial score (nSPS) is 10.5. The molecule has 1 heterocycles. The standard InChI is InChI=1S/C16H20N4O2/c1-11-6-3-4-7-12(11)15-19-10-13(14(17)20-15)16(21)18-8-5-9-22-2/h3-4,6-7,10H,5,8-9H2,1-2H3,(H,18,21)(H2,17,19,20). The molecule has 1 aromatic heterocycles. The van der Waals surface area contributed by atoms with Gasteiger partial charge < -0.3 is 15.8 Å². The molecule has 2 rings (SSSR count). The van der Waals surface area contributed by atoms with Gasteiger partial charge in [0.1, 0.15) is 5.82 Å². The number of nitrogens with two attached hydrogens (primary N) is 1. The number of ether oxygens (including phenoxy) is 1. The molecule has 3 N–H and O–H groups in total. The molecule has 0 saturated carbocycles. The van der Waals surface area contributed by atoms with Crippen molar-refractivity contribution in [3.8, 4) is 11.4 Å². The molecule has 0 radical (unpaired) electrons. The molecular formula is C16H20N4O2. The van der Waals surface area contributed by atoms with Crippen molar-refractivity contribution in [1.29, 1.82) is 0 Å². The number of aryl methyl sites for hydroxylation is 1. The average molecular weight is 300 g/mol. The molecule has 0 unspecified atom stereocenters. The summed E-state index contributed by atoms with van der Waals surface area (Å²) in [6.07, 6.45) is 2.21. The maximum absolute atomic E-state index is 12.0. The van der Waals surface area contributed by atoms with Gasteiger partial charge in [-0.2, -0.15) is 0 Å². The van der Waals surface area contributed by atoms with Gasteiger partial charge >= 0.3 is 0 Å². The van der Waals surface area contributed by atoms with E-state index < -0.39 is 0 Å². The minimum atomic E-state index is -0.273. The number of nitrogens with zero attached hydrogens (tertiary/aromatic N) is 2. The molecular weight excluding hydrogens is 280 g/mol. The van der Waals surface area contributed by atoms with E-state index in [1.807, 2.05) is 31.2 Å². The van der Waals surface area contributed by atoms with Gasteiger partial charge in [-0.05, 0) is 18.9 Å². The Morgan fingerprint density at radius 1 is 1.36 bits per heavy atom. The van der Waals surface area contributed by atoms with E-state index in [1.54, 1.807) is 7.11 Å². The van der Waals surface area contributed by atoms with Crippen LogP contribution in [-0.4, -0.2) is 36.1 Å². The van der Waals surface area contributed by atoms with Crippen LogP contribution in [0.2, 0.25) is 0 Å². The summed E-state index contributed by atoms with van der Waals surface area (Å²) in [6.45, 7) is 3.09. The molecule has 0 spiro atoms. The number of anilines is 1. The van der Waals surface area contributed by atoms with Crippen LogP contribution in [0, 0.1) is 6.92 Å². The van der Waals surface area contributed by atoms with Crippen LogP contribution in [0.15, 0.2) is 30.5 Å². The number of hydrogen-bond acceptors (Lipinski definition) is 5. The molecule has 22 heavy (non-hydrogen) atoms. The highest BCUT2D eigenvalue weighted by Gasteiger charge is 2.13. The minimum absolute atomic E-state index is 0.178. The monoisotopic (exact) mass is 300 g/mol. The summed E-state index contributed by atoms with van der Waals surface area (Å²) in [5, 5.41) is 2.77. The topological polar surface area (TPSA) is 90.1 Å². The highest BCUT2D eigenvalue weighted by Crippen LogP contribution is 2.20. The van der Waals surface area contributed by atoms with Crippen molar-refractivity contribution in [3.63, 3.8) is 0 Å². The molecule has 6 heteroatoms. The number of nitrogens with one attached hydrogen (secondary N) is 1. The maximum Gasteiger partial charge on any atom is 0.256 e. The molecule has 2 aromatic rings. The van der Waals surface area contributed by atoms with Gasteiger partial charge in [0.25, 0.3) is 5.91 Å². The fourth-order valence-electron chi connectivity index (χ4n) is 2.04. The van der Waals surface area contributed by atoms with Crippen LogP contribution >= 0.6 is 0 Å². The quantitative estimate of drug-likeness (QED) is 0.794. The van der Waals surface area contributed by atoms with E-state index >= 15 is 0 Å². The summed E-state index contributed by atoms with van der Waals surface area (Å²) in [4.78, 5) is 20.5. The van der Waals surface area contributed by atoms with Crippen molar-refractivity contribution in [2.24, 2.45) is 0 Å². The number of methoxy groups -OCH3 is 1. The summed E-state index contributed by atoms with van der Waals surface area (Å²) in [5.74, 6) is 0.425. The van der Waals surface area contributed by atoms with Crippen molar-refractivity contribution in [2.45, 2.75) is 13.3 Å². The fraction of sp³-hybridized carbons (Fsp3) is 0.312. The second-order valence-corrected chi connectivity index (χ2v) is 4.91. The summed E-state index contributed by atoms with van der Waals surface area (Å²) in [5.41, 5.74) is 8.15. The van der Waals surface area contributed by atoms with Crippen LogP contribution < -0.4 is 11.1 Å². The smallest absolute Gasteiger partial charge is 0.256 e. The molecule has 0 saturated heterocycles. The Morgan fingerprint density at radius 2 is 2.14 bits per heavy atom. The third kappa shape index (κ3) is 3.79. The molecule has 116 valence electrons. The average Bonchev–Trinajstić information content (AvgIpc) is 2.51. The zero-order valence-corrected chi connectivity index (χ0v) is 12.8. The second-order valence-electron chi connectivity index (χ2n) is 4.91. The van der Waals surface area contributed by atoms with E-state index in [9.17, 15) is 4.79 Å². The SMILES string of the molecule is COCCCNC(=O)c1cnc(-c2ccccc2C)nc1N. The van der Waals surface area contributed by atoms with Gasteiger partial charge in [0.05, 0.1) is 5.56 Å². The number of benzene rings is 1. The first kappa shape index (κ1) is 15.9. The number of carbonyl (C=O) groups excluding carboxylic acids is 1. The molecule has 0 aliphatic carbocycles. The lowest BCUT2D eigenvalue weighted by Gasteiger charge is -2.09. The summed E-state index contributed by atoms with van der Waals surface area (Å²) in [7, 11) is 1.62. The Bertz CT molecular complexity index is 658. The lowest BCUT2D eigenvalue weighted by molar-refractivity contribution is 0.0949. The number of amides is 1. The highest BCUT2D eigenvalue weighted by molar-refractivity contribution is 5.98. The summed E-state index contributed by atoms with van der Waals surface area (Å²) >= 11 is 0. The number of aromatic nitrogens is 2. The highest BCUT2D eigenvalue weighted by atomic mass is 16.5. The Morgan fingerprint density at radius 3 is 2.82 bits per heavy atom. The Labute approximate surface area is 129 Å². The van der Waals surface area contributed by atoms with Gasteiger partial charge in [0.2, 0.25) is 0 Å².